The van der Waals surface area contributed by atoms with Crippen LogP contribution in [0.2, 0.25) is 0 Å². The van der Waals surface area contributed by atoms with Gasteiger partial charge in [0.15, 0.2) is 5.76 Å². The van der Waals surface area contributed by atoms with Gasteiger partial charge in [0.25, 0.3) is 5.91 Å². The van der Waals surface area contributed by atoms with E-state index in [1.165, 1.54) is 12.1 Å². The molecule has 0 unspecified atom stereocenters. The first-order chi connectivity index (χ1) is 8.15. The van der Waals surface area contributed by atoms with Crippen LogP contribution in [0.15, 0.2) is 22.6 Å². The van der Waals surface area contributed by atoms with Crippen molar-refractivity contribution < 1.29 is 13.6 Å². The van der Waals surface area contributed by atoms with Gasteiger partial charge in [-0.2, -0.15) is 0 Å². The smallest absolute Gasteiger partial charge is 0.287 e. The Morgan fingerprint density at radius 3 is 2.94 bits per heavy atom. The van der Waals surface area contributed by atoms with E-state index in [0.29, 0.717) is 16.5 Å². The minimum Gasteiger partial charge on any atom is -0.451 e. The molecule has 1 saturated carbocycles. The van der Waals surface area contributed by atoms with Gasteiger partial charge in [0.05, 0.1) is 0 Å². The summed E-state index contributed by atoms with van der Waals surface area (Å²) in [5.41, 5.74) is 1.24. The Morgan fingerprint density at radius 1 is 1.47 bits per heavy atom. The maximum absolute atomic E-state index is 13.1. The number of aryl methyl sites for hydroxylation is 1. The molecule has 1 amide bonds. The predicted molar refractivity (Wildman–Crippen MR) is 61.4 cm³/mol. The van der Waals surface area contributed by atoms with E-state index >= 15 is 0 Å². The zero-order chi connectivity index (χ0) is 12.0. The van der Waals surface area contributed by atoms with Gasteiger partial charge in [-0.3, -0.25) is 4.79 Å². The minimum atomic E-state index is -0.324. The van der Waals surface area contributed by atoms with Gasteiger partial charge in [0.1, 0.15) is 11.4 Å². The lowest BCUT2D eigenvalue weighted by atomic mass is 10.1. The average Bonchev–Trinajstić information content (AvgIpc) is 3.04. The maximum atomic E-state index is 13.1. The molecule has 1 aliphatic rings. The molecule has 3 nitrogen and oxygen atoms in total. The fourth-order valence-corrected chi connectivity index (χ4v) is 1.89. The highest BCUT2D eigenvalue weighted by atomic mass is 19.1. The second-order valence-electron chi connectivity index (χ2n) is 4.44. The summed E-state index contributed by atoms with van der Waals surface area (Å²) in [6.07, 6.45) is 2.05. The van der Waals surface area contributed by atoms with Crippen molar-refractivity contribution >= 4 is 16.9 Å². The summed E-state index contributed by atoms with van der Waals surface area (Å²) in [4.78, 5) is 11.9. The number of nitrogens with one attached hydrogen (secondary N) is 1. The zero-order valence-electron chi connectivity index (χ0n) is 9.42. The number of hydrogen-bond donors (Lipinski definition) is 1. The van der Waals surface area contributed by atoms with Crippen molar-refractivity contribution in [2.75, 3.05) is 0 Å². The fourth-order valence-electron chi connectivity index (χ4n) is 1.89. The van der Waals surface area contributed by atoms with Gasteiger partial charge >= 0.3 is 0 Å². The van der Waals surface area contributed by atoms with Crippen molar-refractivity contribution in [3.63, 3.8) is 0 Å². The van der Waals surface area contributed by atoms with Gasteiger partial charge < -0.3 is 9.73 Å². The lowest BCUT2D eigenvalue weighted by Crippen LogP contribution is -2.25. The molecule has 4 heteroatoms. The summed E-state index contributed by atoms with van der Waals surface area (Å²) in [5.74, 6) is -0.241. The van der Waals surface area contributed by atoms with E-state index in [4.69, 9.17) is 4.42 Å². The van der Waals surface area contributed by atoms with Crippen molar-refractivity contribution in [2.45, 2.75) is 25.8 Å². The van der Waals surface area contributed by atoms with Crippen LogP contribution in [0.1, 0.15) is 29.0 Å². The largest absolute Gasteiger partial charge is 0.451 e. The van der Waals surface area contributed by atoms with E-state index in [1.807, 2.05) is 0 Å². The first-order valence-corrected chi connectivity index (χ1v) is 5.64. The molecule has 1 heterocycles. The molecule has 2 aromatic rings. The highest BCUT2D eigenvalue weighted by Crippen LogP contribution is 2.27. The van der Waals surface area contributed by atoms with Gasteiger partial charge in [0.2, 0.25) is 0 Å². The van der Waals surface area contributed by atoms with Crippen molar-refractivity contribution in [2.24, 2.45) is 0 Å². The number of carbonyl (C=O) groups is 1. The Morgan fingerprint density at radius 2 is 2.24 bits per heavy atom. The lowest BCUT2D eigenvalue weighted by molar-refractivity contribution is 0.0924. The van der Waals surface area contributed by atoms with E-state index in [9.17, 15) is 9.18 Å². The first-order valence-electron chi connectivity index (χ1n) is 5.64. The number of rotatable bonds is 2. The van der Waals surface area contributed by atoms with Crippen molar-refractivity contribution in [1.29, 1.82) is 0 Å². The second kappa shape index (κ2) is 3.58. The third-order valence-corrected chi connectivity index (χ3v) is 3.02. The predicted octanol–water partition coefficient (Wildman–Crippen LogP) is 2.77. The zero-order valence-corrected chi connectivity index (χ0v) is 9.42. The number of fused-ring (bicyclic) bond motifs is 1. The Balaban J connectivity index is 2.03. The van der Waals surface area contributed by atoms with Crippen LogP contribution in [0, 0.1) is 12.7 Å². The monoisotopic (exact) mass is 233 g/mol. The molecular weight excluding hydrogens is 221 g/mol. The van der Waals surface area contributed by atoms with Gasteiger partial charge in [-0.15, -0.1) is 0 Å². The molecule has 3 rings (SSSR count). The summed E-state index contributed by atoms with van der Waals surface area (Å²) in [5, 5.41) is 3.52. The molecular formula is C13H12FNO2. The van der Waals surface area contributed by atoms with E-state index in [1.54, 1.807) is 13.0 Å². The lowest BCUT2D eigenvalue weighted by Gasteiger charge is -1.99. The maximum Gasteiger partial charge on any atom is 0.287 e. The molecule has 1 N–H and O–H groups in total. The van der Waals surface area contributed by atoms with Crippen LogP contribution in [0.4, 0.5) is 4.39 Å². The topological polar surface area (TPSA) is 42.2 Å². The van der Waals surface area contributed by atoms with Crippen LogP contribution in [0.5, 0.6) is 0 Å². The van der Waals surface area contributed by atoms with Crippen LogP contribution < -0.4 is 5.32 Å². The summed E-state index contributed by atoms with van der Waals surface area (Å²) < 4.78 is 18.6. The van der Waals surface area contributed by atoms with Crippen LogP contribution in [0.3, 0.4) is 0 Å². The number of benzene rings is 1. The second-order valence-corrected chi connectivity index (χ2v) is 4.44. The number of carbonyl (C=O) groups excluding carboxylic acids is 1. The van der Waals surface area contributed by atoms with Crippen molar-refractivity contribution in [3.8, 4) is 0 Å². The van der Waals surface area contributed by atoms with Gasteiger partial charge in [-0.25, -0.2) is 4.39 Å². The quantitative estimate of drug-likeness (QED) is 0.866. The average molecular weight is 233 g/mol. The number of halogens is 1. The van der Waals surface area contributed by atoms with Gasteiger partial charge in [0, 0.05) is 17.0 Å². The van der Waals surface area contributed by atoms with Crippen LogP contribution in [0.25, 0.3) is 11.0 Å². The molecule has 1 aliphatic carbocycles. The molecule has 1 fully saturated rings. The summed E-state index contributed by atoms with van der Waals surface area (Å²) in [7, 11) is 0. The molecule has 0 atom stereocenters. The number of furan rings is 1. The molecule has 0 spiro atoms. The molecule has 17 heavy (non-hydrogen) atoms. The van der Waals surface area contributed by atoms with Crippen molar-refractivity contribution in [3.05, 3.63) is 35.3 Å². The van der Waals surface area contributed by atoms with Gasteiger partial charge in [-0.1, -0.05) is 0 Å². The normalized spacial score (nSPS) is 15.2. The summed E-state index contributed by atoms with van der Waals surface area (Å²) >= 11 is 0. The molecule has 0 radical (unpaired) electrons. The number of hydrogen-bond acceptors (Lipinski definition) is 2. The van der Waals surface area contributed by atoms with Crippen LogP contribution in [-0.4, -0.2) is 11.9 Å². The summed E-state index contributed by atoms with van der Waals surface area (Å²) in [6, 6.07) is 4.55. The van der Waals surface area contributed by atoms with Crippen molar-refractivity contribution in [1.82, 2.24) is 5.32 Å². The molecule has 1 aromatic carbocycles. The summed E-state index contributed by atoms with van der Waals surface area (Å²) in [6.45, 7) is 1.77. The van der Waals surface area contributed by atoms with E-state index < -0.39 is 0 Å². The highest BCUT2D eigenvalue weighted by Gasteiger charge is 2.26. The Bertz CT molecular complexity index is 599. The number of amides is 1. The molecule has 88 valence electrons. The van der Waals surface area contributed by atoms with E-state index in [-0.39, 0.29) is 23.5 Å². The SMILES string of the molecule is Cc1c(C(=O)NC2CC2)oc2ccc(F)cc12. The Kier molecular flexibility index (Phi) is 2.18. The molecule has 0 bridgehead atoms. The first kappa shape index (κ1) is 10.3. The molecule has 1 aromatic heterocycles. The third-order valence-electron chi connectivity index (χ3n) is 3.02. The minimum absolute atomic E-state index is 0.207. The highest BCUT2D eigenvalue weighted by molar-refractivity contribution is 5.99. The Labute approximate surface area is 97.6 Å². The third kappa shape index (κ3) is 1.79. The van der Waals surface area contributed by atoms with E-state index in [0.717, 1.165) is 12.8 Å². The fraction of sp³-hybridized carbons (Fsp3) is 0.308. The van der Waals surface area contributed by atoms with E-state index in [2.05, 4.69) is 5.32 Å². The Hall–Kier alpha value is -1.84. The molecule has 0 saturated heterocycles. The van der Waals surface area contributed by atoms with Crippen LogP contribution in [-0.2, 0) is 0 Å². The standard InChI is InChI=1S/C13H12FNO2/c1-7-10-6-8(14)2-5-11(10)17-12(7)13(16)15-9-3-4-9/h2,5-6,9H,3-4H2,1H3,(H,15,16). The molecule has 0 aliphatic heterocycles. The van der Waals surface area contributed by atoms with Crippen LogP contribution >= 0.6 is 0 Å². The van der Waals surface area contributed by atoms with Gasteiger partial charge in [-0.05, 0) is 38.0 Å².